The molecule has 2 heteroatoms. The third kappa shape index (κ3) is 1.97. The minimum atomic E-state index is -0.0541. The van der Waals surface area contributed by atoms with Crippen LogP contribution in [-0.4, -0.2) is 17.0 Å². The molecular weight excluding hydrogens is 260 g/mol. The van der Waals surface area contributed by atoms with Crippen LogP contribution in [0.1, 0.15) is 71.6 Å². The van der Waals surface area contributed by atoms with Gasteiger partial charge in [-0.1, -0.05) is 13.8 Å². The number of aliphatic hydroxyl groups is 1. The number of hydrogen-bond donors (Lipinski definition) is 1. The standard InChI is InChI=1S/C19H30O2/c1-18-7-6-16-15(17(18)10-14(21)11-18)4-3-12-9-13(20)5-8-19(12,16)2/h12-13,15-17,20H,3-11H2,1-2H3/t12-,13+,15+,16-,17-,18+,19-/m1/s1. The van der Waals surface area contributed by atoms with Crippen LogP contribution in [-0.2, 0) is 4.79 Å². The first-order chi connectivity index (χ1) is 9.92. The van der Waals surface area contributed by atoms with Crippen molar-refractivity contribution in [3.63, 3.8) is 0 Å². The monoisotopic (exact) mass is 290 g/mol. The number of carbonyl (C=O) groups excluding carboxylic acids is 1. The summed E-state index contributed by atoms with van der Waals surface area (Å²) in [5, 5.41) is 10.0. The van der Waals surface area contributed by atoms with E-state index in [4.69, 9.17) is 0 Å². The van der Waals surface area contributed by atoms with Gasteiger partial charge in [0, 0.05) is 12.8 Å². The second kappa shape index (κ2) is 4.57. The molecule has 4 aliphatic rings. The lowest BCUT2D eigenvalue weighted by Crippen LogP contribution is -2.53. The zero-order valence-corrected chi connectivity index (χ0v) is 13.6. The molecule has 0 bridgehead atoms. The van der Waals surface area contributed by atoms with Gasteiger partial charge in [0.2, 0.25) is 0 Å². The summed E-state index contributed by atoms with van der Waals surface area (Å²) in [4.78, 5) is 12.1. The summed E-state index contributed by atoms with van der Waals surface area (Å²) in [5.74, 6) is 3.51. The van der Waals surface area contributed by atoms with Gasteiger partial charge in [0.15, 0.2) is 0 Å². The molecule has 1 N–H and O–H groups in total. The minimum Gasteiger partial charge on any atom is -0.393 e. The van der Waals surface area contributed by atoms with Gasteiger partial charge in [-0.05, 0) is 79.4 Å². The summed E-state index contributed by atoms with van der Waals surface area (Å²) >= 11 is 0. The summed E-state index contributed by atoms with van der Waals surface area (Å²) in [6, 6.07) is 0. The molecule has 4 fully saturated rings. The molecule has 0 spiro atoms. The molecule has 0 heterocycles. The van der Waals surface area contributed by atoms with Gasteiger partial charge in [-0.3, -0.25) is 4.79 Å². The molecule has 4 rings (SSSR count). The number of fused-ring (bicyclic) bond motifs is 5. The Morgan fingerprint density at radius 3 is 2.67 bits per heavy atom. The molecule has 0 radical (unpaired) electrons. The van der Waals surface area contributed by atoms with Crippen LogP contribution in [0.4, 0.5) is 0 Å². The summed E-state index contributed by atoms with van der Waals surface area (Å²) < 4.78 is 0. The van der Waals surface area contributed by atoms with Crippen molar-refractivity contribution >= 4 is 5.78 Å². The predicted molar refractivity (Wildman–Crippen MR) is 82.7 cm³/mol. The Kier molecular flexibility index (Phi) is 3.10. The van der Waals surface area contributed by atoms with Crippen LogP contribution in [0.15, 0.2) is 0 Å². The Morgan fingerprint density at radius 2 is 1.86 bits per heavy atom. The molecule has 2 nitrogen and oxygen atoms in total. The second-order valence-corrected chi connectivity index (χ2v) is 9.20. The number of hydrogen-bond acceptors (Lipinski definition) is 2. The van der Waals surface area contributed by atoms with E-state index < -0.39 is 0 Å². The fraction of sp³-hybridized carbons (Fsp3) is 0.947. The van der Waals surface area contributed by atoms with Gasteiger partial charge in [0.25, 0.3) is 0 Å². The lowest BCUT2D eigenvalue weighted by Gasteiger charge is -2.60. The van der Waals surface area contributed by atoms with Crippen LogP contribution in [0.2, 0.25) is 0 Å². The SMILES string of the molecule is C[C@@]12CC[C@@H]3[C@H](CC[C@@H]4C[C@@H](O)CC[C@]43C)[C@H]1CC(=O)C2. The number of ketones is 1. The smallest absolute Gasteiger partial charge is 0.133 e. The van der Waals surface area contributed by atoms with E-state index in [2.05, 4.69) is 13.8 Å². The highest BCUT2D eigenvalue weighted by Gasteiger charge is 2.59. The van der Waals surface area contributed by atoms with E-state index in [-0.39, 0.29) is 6.10 Å². The molecule has 4 aliphatic carbocycles. The van der Waals surface area contributed by atoms with E-state index >= 15 is 0 Å². The summed E-state index contributed by atoms with van der Waals surface area (Å²) in [5.41, 5.74) is 0.755. The number of rotatable bonds is 0. The molecule has 4 saturated carbocycles. The van der Waals surface area contributed by atoms with Crippen LogP contribution in [0.5, 0.6) is 0 Å². The van der Waals surface area contributed by atoms with Crippen LogP contribution < -0.4 is 0 Å². The number of Topliss-reactive ketones (excluding diaryl/α,β-unsaturated/α-hetero) is 1. The molecule has 0 aliphatic heterocycles. The Hall–Kier alpha value is -0.370. The molecule has 7 atom stereocenters. The molecule has 0 amide bonds. The molecule has 0 unspecified atom stereocenters. The number of carbonyl (C=O) groups is 1. The third-order valence-corrected chi connectivity index (χ3v) is 8.20. The molecule has 0 aromatic rings. The van der Waals surface area contributed by atoms with Crippen molar-refractivity contribution in [1.82, 2.24) is 0 Å². The second-order valence-electron chi connectivity index (χ2n) is 9.20. The molecule has 0 saturated heterocycles. The zero-order chi connectivity index (χ0) is 14.8. The maximum atomic E-state index is 12.1. The van der Waals surface area contributed by atoms with E-state index in [0.29, 0.717) is 22.5 Å². The van der Waals surface area contributed by atoms with Crippen LogP contribution >= 0.6 is 0 Å². The summed E-state index contributed by atoms with van der Waals surface area (Å²) in [6.07, 6.45) is 10.1. The van der Waals surface area contributed by atoms with Gasteiger partial charge < -0.3 is 5.11 Å². The highest BCUT2D eigenvalue weighted by Crippen LogP contribution is 2.65. The van der Waals surface area contributed by atoms with Gasteiger partial charge in [0.05, 0.1) is 6.10 Å². The van der Waals surface area contributed by atoms with Crippen LogP contribution in [0, 0.1) is 34.5 Å². The number of aliphatic hydroxyl groups excluding tert-OH is 1. The highest BCUT2D eigenvalue weighted by molar-refractivity contribution is 5.82. The third-order valence-electron chi connectivity index (χ3n) is 8.20. The first-order valence-corrected chi connectivity index (χ1v) is 9.12. The normalized spacial score (nSPS) is 56.5. The summed E-state index contributed by atoms with van der Waals surface area (Å²) in [7, 11) is 0. The van der Waals surface area contributed by atoms with Crippen molar-refractivity contribution in [2.45, 2.75) is 77.7 Å². The molecular formula is C19H30O2. The Bertz CT molecular complexity index is 458. The topological polar surface area (TPSA) is 37.3 Å². The Balaban J connectivity index is 1.63. The van der Waals surface area contributed by atoms with E-state index in [1.54, 1.807) is 0 Å². The molecule has 21 heavy (non-hydrogen) atoms. The van der Waals surface area contributed by atoms with E-state index in [0.717, 1.165) is 43.4 Å². The van der Waals surface area contributed by atoms with E-state index in [9.17, 15) is 9.90 Å². The van der Waals surface area contributed by atoms with Crippen molar-refractivity contribution in [3.8, 4) is 0 Å². The zero-order valence-electron chi connectivity index (χ0n) is 13.6. The van der Waals surface area contributed by atoms with Gasteiger partial charge in [-0.2, -0.15) is 0 Å². The maximum absolute atomic E-state index is 12.1. The fourth-order valence-corrected chi connectivity index (χ4v) is 7.01. The lowest BCUT2D eigenvalue weighted by molar-refractivity contribution is -0.121. The van der Waals surface area contributed by atoms with Crippen LogP contribution in [0.3, 0.4) is 0 Å². The largest absolute Gasteiger partial charge is 0.393 e. The van der Waals surface area contributed by atoms with Crippen LogP contribution in [0.25, 0.3) is 0 Å². The minimum absolute atomic E-state index is 0.0541. The first kappa shape index (κ1) is 14.2. The van der Waals surface area contributed by atoms with E-state index in [1.807, 2.05) is 0 Å². The van der Waals surface area contributed by atoms with Gasteiger partial charge >= 0.3 is 0 Å². The van der Waals surface area contributed by atoms with Crippen molar-refractivity contribution in [2.75, 3.05) is 0 Å². The quantitative estimate of drug-likeness (QED) is 0.733. The van der Waals surface area contributed by atoms with Crippen molar-refractivity contribution < 1.29 is 9.90 Å². The summed E-state index contributed by atoms with van der Waals surface area (Å²) in [6.45, 7) is 4.90. The average Bonchev–Trinajstić information content (AvgIpc) is 2.74. The molecule has 0 aromatic heterocycles. The first-order valence-electron chi connectivity index (χ1n) is 9.12. The van der Waals surface area contributed by atoms with Crippen molar-refractivity contribution in [1.29, 1.82) is 0 Å². The van der Waals surface area contributed by atoms with Crippen molar-refractivity contribution in [3.05, 3.63) is 0 Å². The average molecular weight is 290 g/mol. The lowest BCUT2D eigenvalue weighted by atomic mass is 9.45. The highest BCUT2D eigenvalue weighted by atomic mass is 16.3. The van der Waals surface area contributed by atoms with Crippen molar-refractivity contribution in [2.24, 2.45) is 34.5 Å². The molecule has 0 aromatic carbocycles. The van der Waals surface area contributed by atoms with Gasteiger partial charge in [0.1, 0.15) is 5.78 Å². The molecule has 118 valence electrons. The van der Waals surface area contributed by atoms with E-state index in [1.165, 1.54) is 32.1 Å². The van der Waals surface area contributed by atoms with Gasteiger partial charge in [-0.25, -0.2) is 0 Å². The Labute approximate surface area is 128 Å². The maximum Gasteiger partial charge on any atom is 0.133 e. The Morgan fingerprint density at radius 1 is 1.05 bits per heavy atom. The fourth-order valence-electron chi connectivity index (χ4n) is 7.01. The van der Waals surface area contributed by atoms with Gasteiger partial charge in [-0.15, -0.1) is 0 Å². The predicted octanol–water partition coefficient (Wildman–Crippen LogP) is 3.96.